The van der Waals surface area contributed by atoms with Crippen molar-refractivity contribution in [1.82, 2.24) is 25.1 Å². The molecule has 0 bridgehead atoms. The predicted molar refractivity (Wildman–Crippen MR) is 88.8 cm³/mol. The monoisotopic (exact) mass is 347 g/mol. The minimum atomic E-state index is -0.511. The van der Waals surface area contributed by atoms with Crippen LogP contribution in [0.2, 0.25) is 0 Å². The van der Waals surface area contributed by atoms with Crippen LogP contribution in [0.15, 0.2) is 18.2 Å². The van der Waals surface area contributed by atoms with Crippen molar-refractivity contribution in [1.29, 1.82) is 0 Å². The van der Waals surface area contributed by atoms with E-state index in [1.807, 2.05) is 4.68 Å². The van der Waals surface area contributed by atoms with Crippen LogP contribution >= 0.6 is 0 Å². The molecule has 25 heavy (non-hydrogen) atoms. The van der Waals surface area contributed by atoms with Gasteiger partial charge in [-0.25, -0.2) is 13.5 Å². The first-order chi connectivity index (χ1) is 12.2. The number of benzene rings is 1. The molecule has 0 N–H and O–H groups in total. The molecule has 0 radical (unpaired) electrons. The summed E-state index contributed by atoms with van der Waals surface area (Å²) in [6, 6.07) is 4.39. The summed E-state index contributed by atoms with van der Waals surface area (Å²) in [5.74, 6) is 0.627. The highest BCUT2D eigenvalue weighted by Gasteiger charge is 2.29. The maximum Gasteiger partial charge on any atom is 0.165 e. The molecule has 4 rings (SSSR count). The van der Waals surface area contributed by atoms with Gasteiger partial charge < -0.3 is 0 Å². The van der Waals surface area contributed by atoms with Crippen LogP contribution in [-0.2, 0) is 13.0 Å². The van der Waals surface area contributed by atoms with Crippen molar-refractivity contribution in [2.75, 3.05) is 13.1 Å². The second kappa shape index (κ2) is 7.15. The third kappa shape index (κ3) is 4.03. The Morgan fingerprint density at radius 3 is 2.60 bits per heavy atom. The first kappa shape index (κ1) is 16.6. The Labute approximate surface area is 146 Å². The number of tetrazole rings is 1. The summed E-state index contributed by atoms with van der Waals surface area (Å²) < 4.78 is 28.7. The molecule has 7 heteroatoms. The van der Waals surface area contributed by atoms with Gasteiger partial charge in [-0.3, -0.25) is 4.90 Å². The zero-order valence-electron chi connectivity index (χ0n) is 14.2. The van der Waals surface area contributed by atoms with E-state index in [1.165, 1.54) is 18.9 Å². The van der Waals surface area contributed by atoms with Crippen molar-refractivity contribution in [2.24, 2.45) is 5.92 Å². The summed E-state index contributed by atoms with van der Waals surface area (Å²) in [5, 5.41) is 12.1. The minimum Gasteiger partial charge on any atom is -0.296 e. The van der Waals surface area contributed by atoms with Gasteiger partial charge in [-0.15, -0.1) is 5.10 Å². The predicted octanol–water partition coefficient (Wildman–Crippen LogP) is 3.13. The summed E-state index contributed by atoms with van der Waals surface area (Å²) in [5.41, 5.74) is 0.618. The standard InChI is InChI=1S/C18H23F2N5/c19-15-4-3-14(17(20)11-15)2-1-13-7-9-24(10-8-13)12-18-21-22-23-25(18)16-5-6-16/h3-4,11,13,16H,1-2,5-10,12H2. The number of likely N-dealkylation sites (tertiary alicyclic amines) is 1. The summed E-state index contributed by atoms with van der Waals surface area (Å²) in [6.07, 6.45) is 6.20. The quantitative estimate of drug-likeness (QED) is 0.805. The van der Waals surface area contributed by atoms with Crippen molar-refractivity contribution in [3.8, 4) is 0 Å². The van der Waals surface area contributed by atoms with Crippen LogP contribution in [0, 0.1) is 17.6 Å². The van der Waals surface area contributed by atoms with Crippen molar-refractivity contribution in [3.05, 3.63) is 41.2 Å². The van der Waals surface area contributed by atoms with E-state index >= 15 is 0 Å². The highest BCUT2D eigenvalue weighted by Crippen LogP contribution is 2.34. The van der Waals surface area contributed by atoms with Crippen molar-refractivity contribution in [3.63, 3.8) is 0 Å². The average Bonchev–Trinajstić information content (AvgIpc) is 3.35. The van der Waals surface area contributed by atoms with Crippen molar-refractivity contribution >= 4 is 0 Å². The Morgan fingerprint density at radius 1 is 1.08 bits per heavy atom. The molecule has 2 heterocycles. The van der Waals surface area contributed by atoms with E-state index in [0.717, 1.165) is 50.8 Å². The average molecular weight is 347 g/mol. The fourth-order valence-electron chi connectivity index (χ4n) is 3.64. The van der Waals surface area contributed by atoms with Crippen LogP contribution in [0.5, 0.6) is 0 Å². The fourth-order valence-corrected chi connectivity index (χ4v) is 3.64. The molecule has 134 valence electrons. The van der Waals surface area contributed by atoms with Gasteiger partial charge in [0.1, 0.15) is 11.6 Å². The van der Waals surface area contributed by atoms with Gasteiger partial charge in [0, 0.05) is 6.07 Å². The summed E-state index contributed by atoms with van der Waals surface area (Å²) in [7, 11) is 0. The highest BCUT2D eigenvalue weighted by atomic mass is 19.1. The summed E-state index contributed by atoms with van der Waals surface area (Å²) in [4.78, 5) is 2.40. The van der Waals surface area contributed by atoms with E-state index in [9.17, 15) is 8.78 Å². The lowest BCUT2D eigenvalue weighted by Crippen LogP contribution is -2.34. The van der Waals surface area contributed by atoms with Crippen LogP contribution < -0.4 is 0 Å². The third-order valence-electron chi connectivity index (χ3n) is 5.36. The SMILES string of the molecule is Fc1ccc(CCC2CCN(Cc3nnnn3C3CC3)CC2)c(F)c1. The number of hydrogen-bond donors (Lipinski definition) is 0. The fraction of sp³-hybridized carbons (Fsp3) is 0.611. The molecule has 0 atom stereocenters. The normalized spacial score (nSPS) is 19.4. The van der Waals surface area contributed by atoms with E-state index in [2.05, 4.69) is 20.4 Å². The molecule has 1 aromatic heterocycles. The second-order valence-corrected chi connectivity index (χ2v) is 7.26. The molecule has 1 saturated carbocycles. The lowest BCUT2D eigenvalue weighted by molar-refractivity contribution is 0.166. The van der Waals surface area contributed by atoms with Crippen LogP contribution in [0.3, 0.4) is 0 Å². The van der Waals surface area contributed by atoms with Gasteiger partial charge in [0.05, 0.1) is 12.6 Å². The van der Waals surface area contributed by atoms with Gasteiger partial charge >= 0.3 is 0 Å². The Hall–Kier alpha value is -1.89. The molecule has 0 spiro atoms. The van der Waals surface area contributed by atoms with Crippen LogP contribution in [0.1, 0.15) is 49.5 Å². The van der Waals surface area contributed by atoms with Crippen LogP contribution in [-0.4, -0.2) is 38.2 Å². The zero-order chi connectivity index (χ0) is 17.2. The molecule has 0 amide bonds. The Balaban J connectivity index is 1.25. The van der Waals surface area contributed by atoms with Crippen molar-refractivity contribution < 1.29 is 8.78 Å². The lowest BCUT2D eigenvalue weighted by atomic mass is 9.90. The molecule has 2 aliphatic rings. The Bertz CT molecular complexity index is 720. The first-order valence-electron chi connectivity index (χ1n) is 9.12. The number of hydrogen-bond acceptors (Lipinski definition) is 4. The van der Waals surface area contributed by atoms with Crippen LogP contribution in [0.4, 0.5) is 8.78 Å². The molecule has 1 aromatic carbocycles. The Kier molecular flexibility index (Phi) is 4.74. The number of halogens is 2. The molecular weight excluding hydrogens is 324 g/mol. The summed E-state index contributed by atoms with van der Waals surface area (Å²) >= 11 is 0. The smallest absolute Gasteiger partial charge is 0.165 e. The van der Waals surface area contributed by atoms with E-state index in [4.69, 9.17) is 0 Å². The molecular formula is C18H23F2N5. The molecule has 2 aromatic rings. The van der Waals surface area contributed by atoms with Gasteiger partial charge in [-0.2, -0.15) is 0 Å². The van der Waals surface area contributed by atoms with E-state index in [-0.39, 0.29) is 0 Å². The number of nitrogens with zero attached hydrogens (tertiary/aromatic N) is 5. The summed E-state index contributed by atoms with van der Waals surface area (Å²) in [6.45, 7) is 2.85. The maximum atomic E-state index is 13.7. The number of aromatic nitrogens is 4. The van der Waals surface area contributed by atoms with Crippen LogP contribution in [0.25, 0.3) is 0 Å². The van der Waals surface area contributed by atoms with E-state index < -0.39 is 11.6 Å². The van der Waals surface area contributed by atoms with E-state index in [0.29, 0.717) is 23.9 Å². The lowest BCUT2D eigenvalue weighted by Gasteiger charge is -2.31. The first-order valence-corrected chi connectivity index (χ1v) is 9.12. The topological polar surface area (TPSA) is 46.8 Å². The third-order valence-corrected chi connectivity index (χ3v) is 5.36. The molecule has 5 nitrogen and oxygen atoms in total. The second-order valence-electron chi connectivity index (χ2n) is 7.26. The highest BCUT2D eigenvalue weighted by molar-refractivity contribution is 5.18. The zero-order valence-corrected chi connectivity index (χ0v) is 14.2. The Morgan fingerprint density at radius 2 is 1.88 bits per heavy atom. The van der Waals surface area contributed by atoms with Gasteiger partial charge in [0.2, 0.25) is 0 Å². The molecule has 1 saturated heterocycles. The largest absolute Gasteiger partial charge is 0.296 e. The van der Waals surface area contributed by atoms with Crippen molar-refractivity contribution in [2.45, 2.75) is 51.1 Å². The van der Waals surface area contributed by atoms with Gasteiger partial charge in [-0.1, -0.05) is 6.07 Å². The number of piperidine rings is 1. The molecule has 1 aliphatic heterocycles. The number of rotatable bonds is 6. The van der Waals surface area contributed by atoms with E-state index in [1.54, 1.807) is 6.07 Å². The molecule has 1 aliphatic carbocycles. The number of aryl methyl sites for hydroxylation is 1. The maximum absolute atomic E-state index is 13.7. The molecule has 2 fully saturated rings. The molecule has 0 unspecified atom stereocenters. The minimum absolute atomic E-state index is 0.427. The van der Waals surface area contributed by atoms with Gasteiger partial charge in [0.25, 0.3) is 0 Å². The van der Waals surface area contributed by atoms with Gasteiger partial charge in [0.15, 0.2) is 5.82 Å². The van der Waals surface area contributed by atoms with Gasteiger partial charge in [-0.05, 0) is 79.6 Å².